The molecule has 1 aromatic rings. The van der Waals surface area contributed by atoms with Crippen LogP contribution < -0.4 is 5.32 Å². The van der Waals surface area contributed by atoms with Crippen LogP contribution in [0.1, 0.15) is 12.7 Å². The first kappa shape index (κ1) is 13.6. The molecule has 1 unspecified atom stereocenters. The monoisotopic (exact) mass is 271 g/mol. The smallest absolute Gasteiger partial charge is 0.360 e. The summed E-state index contributed by atoms with van der Waals surface area (Å²) in [5.74, 6) is 0.267. The molecule has 0 aliphatic rings. The van der Waals surface area contributed by atoms with Crippen LogP contribution in [0.25, 0.3) is 0 Å². The van der Waals surface area contributed by atoms with Gasteiger partial charge in [-0.2, -0.15) is 34.3 Å². The zero-order valence-electron chi connectivity index (χ0n) is 8.84. The summed E-state index contributed by atoms with van der Waals surface area (Å²) in [5, 5.41) is 3.08. The summed E-state index contributed by atoms with van der Waals surface area (Å²) in [6, 6.07) is 0. The Labute approximate surface area is 100 Å². The van der Waals surface area contributed by atoms with E-state index in [0.717, 1.165) is 17.3 Å². The van der Waals surface area contributed by atoms with Gasteiger partial charge in [-0.15, -0.1) is 0 Å². The second-order valence-corrected chi connectivity index (χ2v) is 5.02. The summed E-state index contributed by atoms with van der Waals surface area (Å²) in [6.07, 6.45) is -2.47. The molecule has 92 valence electrons. The Bertz CT molecular complexity index is 327. The van der Waals surface area contributed by atoms with Crippen LogP contribution in [0.15, 0.2) is 0 Å². The summed E-state index contributed by atoms with van der Waals surface area (Å²) in [4.78, 5) is 3.38. The van der Waals surface area contributed by atoms with E-state index in [-0.39, 0.29) is 5.13 Å². The fourth-order valence-corrected chi connectivity index (χ4v) is 2.29. The molecule has 0 fully saturated rings. The Morgan fingerprint density at radius 3 is 2.69 bits per heavy atom. The predicted octanol–water partition coefficient (Wildman–Crippen LogP) is 2.97. The molecular formula is C8H12F3N3S2. The van der Waals surface area contributed by atoms with Gasteiger partial charge in [-0.25, -0.2) is 0 Å². The number of nitrogens with one attached hydrogen (secondary N) is 1. The van der Waals surface area contributed by atoms with E-state index in [1.54, 1.807) is 11.8 Å². The van der Waals surface area contributed by atoms with Crippen molar-refractivity contribution in [3.63, 3.8) is 0 Å². The van der Waals surface area contributed by atoms with Gasteiger partial charge >= 0.3 is 6.18 Å². The number of anilines is 1. The third-order valence-electron chi connectivity index (χ3n) is 1.73. The van der Waals surface area contributed by atoms with Gasteiger partial charge in [0.1, 0.15) is 0 Å². The minimum absolute atomic E-state index is 0.222. The van der Waals surface area contributed by atoms with E-state index in [1.165, 1.54) is 0 Å². The molecule has 16 heavy (non-hydrogen) atoms. The van der Waals surface area contributed by atoms with Crippen molar-refractivity contribution in [3.8, 4) is 0 Å². The third-order valence-corrected chi connectivity index (χ3v) is 3.31. The molecule has 0 bridgehead atoms. The lowest BCUT2D eigenvalue weighted by molar-refractivity contribution is -0.144. The van der Waals surface area contributed by atoms with Gasteiger partial charge in [0.15, 0.2) is 0 Å². The second-order valence-electron chi connectivity index (χ2n) is 3.36. The number of hydrogen-bond donors (Lipinski definition) is 1. The molecule has 0 aliphatic heterocycles. The summed E-state index contributed by atoms with van der Waals surface area (Å²) < 4.78 is 39.8. The first-order valence-corrected chi connectivity index (χ1v) is 6.74. The van der Waals surface area contributed by atoms with Crippen molar-refractivity contribution in [3.05, 3.63) is 5.82 Å². The molecule has 0 radical (unpaired) electrons. The minimum atomic E-state index is -4.46. The van der Waals surface area contributed by atoms with Crippen molar-refractivity contribution >= 4 is 28.4 Å². The van der Waals surface area contributed by atoms with E-state index < -0.39 is 12.0 Å². The van der Waals surface area contributed by atoms with Crippen LogP contribution in [0.5, 0.6) is 0 Å². The van der Waals surface area contributed by atoms with E-state index in [2.05, 4.69) is 14.7 Å². The number of alkyl halides is 3. The van der Waals surface area contributed by atoms with Crippen molar-refractivity contribution < 1.29 is 13.2 Å². The maximum absolute atomic E-state index is 12.2. The number of halogens is 3. The molecule has 0 saturated carbocycles. The standard InChI is InChI=1S/C8H12F3N3S2/c1-5(4-15-2)3-12-7-13-6(14-16-7)8(9,10)11/h5H,3-4H2,1-2H3,(H,12,13,14). The largest absolute Gasteiger partial charge is 0.452 e. The van der Waals surface area contributed by atoms with Gasteiger partial charge in [0, 0.05) is 18.1 Å². The lowest BCUT2D eigenvalue weighted by atomic mass is 10.2. The second kappa shape index (κ2) is 5.72. The van der Waals surface area contributed by atoms with Crippen LogP contribution in [0.3, 0.4) is 0 Å². The highest BCUT2D eigenvalue weighted by atomic mass is 32.2. The lowest BCUT2D eigenvalue weighted by Crippen LogP contribution is -2.13. The van der Waals surface area contributed by atoms with Gasteiger partial charge in [-0.05, 0) is 17.9 Å². The van der Waals surface area contributed by atoms with Gasteiger partial charge < -0.3 is 5.32 Å². The molecule has 0 saturated heterocycles. The first-order valence-electron chi connectivity index (χ1n) is 4.57. The summed E-state index contributed by atoms with van der Waals surface area (Å²) in [5.41, 5.74) is 0. The van der Waals surface area contributed by atoms with Crippen molar-refractivity contribution in [1.82, 2.24) is 9.36 Å². The maximum atomic E-state index is 12.2. The van der Waals surface area contributed by atoms with Crippen molar-refractivity contribution in [2.45, 2.75) is 13.1 Å². The zero-order chi connectivity index (χ0) is 12.2. The van der Waals surface area contributed by atoms with E-state index in [1.807, 2.05) is 13.2 Å². The van der Waals surface area contributed by atoms with Crippen LogP contribution in [0, 0.1) is 5.92 Å². The normalized spacial score (nSPS) is 13.8. The highest BCUT2D eigenvalue weighted by molar-refractivity contribution is 7.98. The van der Waals surface area contributed by atoms with E-state index in [9.17, 15) is 13.2 Å². The first-order chi connectivity index (χ1) is 7.43. The average molecular weight is 271 g/mol. The molecule has 1 heterocycles. The topological polar surface area (TPSA) is 37.8 Å². The highest BCUT2D eigenvalue weighted by Gasteiger charge is 2.36. The molecule has 1 atom stereocenters. The van der Waals surface area contributed by atoms with Gasteiger partial charge in [0.2, 0.25) is 11.0 Å². The van der Waals surface area contributed by atoms with Crippen LogP contribution in [-0.4, -0.2) is 27.9 Å². The molecule has 1 N–H and O–H groups in total. The lowest BCUT2D eigenvalue weighted by Gasteiger charge is -2.09. The van der Waals surface area contributed by atoms with Crippen LogP contribution in [0.4, 0.5) is 18.3 Å². The number of rotatable bonds is 5. The van der Waals surface area contributed by atoms with E-state index in [0.29, 0.717) is 12.5 Å². The summed E-state index contributed by atoms with van der Waals surface area (Å²) in [7, 11) is 0. The third kappa shape index (κ3) is 4.17. The number of aromatic nitrogens is 2. The van der Waals surface area contributed by atoms with Gasteiger partial charge in [-0.3, -0.25) is 0 Å². The number of nitrogens with zero attached hydrogens (tertiary/aromatic N) is 2. The van der Waals surface area contributed by atoms with Gasteiger partial charge in [-0.1, -0.05) is 6.92 Å². The molecule has 0 spiro atoms. The predicted molar refractivity (Wildman–Crippen MR) is 60.9 cm³/mol. The SMILES string of the molecule is CSCC(C)CNc1nc(C(F)(F)F)ns1. The van der Waals surface area contributed by atoms with Gasteiger partial charge in [0.05, 0.1) is 0 Å². The van der Waals surface area contributed by atoms with Crippen molar-refractivity contribution in [2.24, 2.45) is 5.92 Å². The fourth-order valence-electron chi connectivity index (χ4n) is 1.02. The Kier molecular flexibility index (Phi) is 4.85. The highest BCUT2D eigenvalue weighted by Crippen LogP contribution is 2.28. The Morgan fingerprint density at radius 1 is 1.50 bits per heavy atom. The molecule has 3 nitrogen and oxygen atoms in total. The van der Waals surface area contributed by atoms with Crippen molar-refractivity contribution in [1.29, 1.82) is 0 Å². The van der Waals surface area contributed by atoms with Crippen LogP contribution >= 0.6 is 23.3 Å². The maximum Gasteiger partial charge on any atom is 0.452 e. The molecule has 0 aromatic carbocycles. The molecule has 1 rings (SSSR count). The van der Waals surface area contributed by atoms with Gasteiger partial charge in [0.25, 0.3) is 0 Å². The average Bonchev–Trinajstić information content (AvgIpc) is 2.63. The quantitative estimate of drug-likeness (QED) is 0.893. The molecule has 0 aliphatic carbocycles. The van der Waals surface area contributed by atoms with Crippen molar-refractivity contribution in [2.75, 3.05) is 23.9 Å². The molecule has 8 heteroatoms. The van der Waals surface area contributed by atoms with Crippen LogP contribution in [0.2, 0.25) is 0 Å². The summed E-state index contributed by atoms with van der Waals surface area (Å²) >= 11 is 2.44. The Morgan fingerprint density at radius 2 is 2.19 bits per heavy atom. The number of hydrogen-bond acceptors (Lipinski definition) is 5. The molecule has 1 aromatic heterocycles. The molecular weight excluding hydrogens is 259 g/mol. The Hall–Kier alpha value is -0.500. The summed E-state index contributed by atoms with van der Waals surface area (Å²) in [6.45, 7) is 2.63. The Balaban J connectivity index is 2.47. The number of thioether (sulfide) groups is 1. The molecule has 0 amide bonds. The van der Waals surface area contributed by atoms with E-state index >= 15 is 0 Å². The zero-order valence-corrected chi connectivity index (χ0v) is 10.5. The fraction of sp³-hybridized carbons (Fsp3) is 0.750. The minimum Gasteiger partial charge on any atom is -0.360 e. The van der Waals surface area contributed by atoms with E-state index in [4.69, 9.17) is 0 Å². The van der Waals surface area contributed by atoms with Crippen LogP contribution in [-0.2, 0) is 6.18 Å².